The van der Waals surface area contributed by atoms with E-state index in [0.717, 1.165) is 24.3 Å². The van der Waals surface area contributed by atoms with E-state index in [-0.39, 0.29) is 16.7 Å². The molecule has 124 valence electrons. The van der Waals surface area contributed by atoms with Crippen LogP contribution in [0, 0.1) is 0 Å². The molecule has 2 atom stereocenters. The Labute approximate surface area is 142 Å². The fraction of sp³-hybridized carbons (Fsp3) is 0.667. The Bertz CT molecular complexity index is 524. The standard InChI is InChI=1S/C18H30O2SSi/c1-14-13-18(10-11-19-14,15-8-7-9-16(21)12-15)20-22(5,6)17(2,3)4/h7-9,12,14,21H,10-11,13H2,1-6H3. The molecule has 0 radical (unpaired) electrons. The van der Waals surface area contributed by atoms with Crippen LogP contribution in [-0.4, -0.2) is 21.0 Å². The molecule has 1 saturated heterocycles. The van der Waals surface area contributed by atoms with Gasteiger partial charge in [0.2, 0.25) is 0 Å². The number of hydrogen-bond acceptors (Lipinski definition) is 3. The van der Waals surface area contributed by atoms with Crippen molar-refractivity contribution in [2.24, 2.45) is 0 Å². The van der Waals surface area contributed by atoms with Crippen LogP contribution < -0.4 is 0 Å². The lowest BCUT2D eigenvalue weighted by molar-refractivity contribution is -0.0932. The highest BCUT2D eigenvalue weighted by Gasteiger charge is 2.47. The largest absolute Gasteiger partial charge is 0.407 e. The van der Waals surface area contributed by atoms with Gasteiger partial charge in [-0.05, 0) is 42.8 Å². The predicted molar refractivity (Wildman–Crippen MR) is 98.3 cm³/mol. The number of ether oxygens (including phenoxy) is 1. The molecule has 0 spiro atoms. The van der Waals surface area contributed by atoms with Gasteiger partial charge in [0.1, 0.15) is 0 Å². The summed E-state index contributed by atoms with van der Waals surface area (Å²) in [6.07, 6.45) is 2.06. The van der Waals surface area contributed by atoms with Crippen molar-refractivity contribution in [3.05, 3.63) is 29.8 Å². The van der Waals surface area contributed by atoms with E-state index in [1.807, 2.05) is 6.07 Å². The number of thiol groups is 1. The van der Waals surface area contributed by atoms with E-state index >= 15 is 0 Å². The van der Waals surface area contributed by atoms with Crippen LogP contribution in [-0.2, 0) is 14.8 Å². The fourth-order valence-electron chi connectivity index (χ4n) is 2.89. The minimum absolute atomic E-state index is 0.195. The highest BCUT2D eigenvalue weighted by Crippen LogP contribution is 2.46. The second-order valence-electron chi connectivity index (χ2n) is 8.04. The average molecular weight is 339 g/mol. The maximum atomic E-state index is 6.97. The van der Waals surface area contributed by atoms with Crippen LogP contribution in [0.1, 0.15) is 46.1 Å². The van der Waals surface area contributed by atoms with Crippen molar-refractivity contribution >= 4 is 20.9 Å². The third kappa shape index (κ3) is 3.78. The van der Waals surface area contributed by atoms with Crippen LogP contribution in [0.25, 0.3) is 0 Å². The Morgan fingerprint density at radius 1 is 1.32 bits per heavy atom. The molecule has 1 aromatic rings. The molecule has 0 bridgehead atoms. The summed E-state index contributed by atoms with van der Waals surface area (Å²) in [6.45, 7) is 14.5. The van der Waals surface area contributed by atoms with Crippen molar-refractivity contribution in [3.63, 3.8) is 0 Å². The summed E-state index contributed by atoms with van der Waals surface area (Å²) in [4.78, 5) is 0.995. The van der Waals surface area contributed by atoms with Crippen LogP contribution in [0.3, 0.4) is 0 Å². The summed E-state index contributed by atoms with van der Waals surface area (Å²) >= 11 is 4.53. The van der Waals surface area contributed by atoms with E-state index in [1.54, 1.807) is 0 Å². The van der Waals surface area contributed by atoms with Crippen LogP contribution in [0.2, 0.25) is 18.1 Å². The van der Waals surface area contributed by atoms with E-state index in [4.69, 9.17) is 9.16 Å². The van der Waals surface area contributed by atoms with Gasteiger partial charge in [-0.15, -0.1) is 12.6 Å². The van der Waals surface area contributed by atoms with Gasteiger partial charge >= 0.3 is 0 Å². The van der Waals surface area contributed by atoms with Crippen molar-refractivity contribution in [1.82, 2.24) is 0 Å². The molecule has 1 fully saturated rings. The highest BCUT2D eigenvalue weighted by atomic mass is 32.1. The van der Waals surface area contributed by atoms with Gasteiger partial charge in [-0.3, -0.25) is 0 Å². The first kappa shape index (κ1) is 18.1. The van der Waals surface area contributed by atoms with Crippen LogP contribution in [0.5, 0.6) is 0 Å². The van der Waals surface area contributed by atoms with Gasteiger partial charge in [-0.2, -0.15) is 0 Å². The van der Waals surface area contributed by atoms with Gasteiger partial charge in [-0.25, -0.2) is 0 Å². The Morgan fingerprint density at radius 3 is 2.55 bits per heavy atom. The molecule has 22 heavy (non-hydrogen) atoms. The SMILES string of the molecule is CC1CC(O[Si](C)(C)C(C)(C)C)(c2cccc(S)c2)CCO1. The van der Waals surface area contributed by atoms with Gasteiger partial charge in [0, 0.05) is 24.3 Å². The number of hydrogen-bond donors (Lipinski definition) is 1. The Hall–Kier alpha value is -0.293. The Kier molecular flexibility index (Phi) is 5.18. The molecular formula is C18H30O2SSi. The molecule has 2 rings (SSSR count). The van der Waals surface area contributed by atoms with Gasteiger partial charge in [0.25, 0.3) is 0 Å². The normalized spacial score (nSPS) is 27.0. The molecule has 0 aliphatic carbocycles. The smallest absolute Gasteiger partial charge is 0.193 e. The molecule has 1 heterocycles. The van der Waals surface area contributed by atoms with Crippen molar-refractivity contribution < 1.29 is 9.16 Å². The summed E-state index contributed by atoms with van der Waals surface area (Å²) in [5.41, 5.74) is 1.01. The first-order chi connectivity index (χ1) is 10.1. The molecule has 1 aliphatic heterocycles. The minimum atomic E-state index is -1.87. The van der Waals surface area contributed by atoms with E-state index in [0.29, 0.717) is 0 Å². The highest BCUT2D eigenvalue weighted by molar-refractivity contribution is 7.80. The topological polar surface area (TPSA) is 18.5 Å². The van der Waals surface area contributed by atoms with Crippen LogP contribution in [0.15, 0.2) is 29.2 Å². The maximum absolute atomic E-state index is 6.97. The van der Waals surface area contributed by atoms with E-state index in [9.17, 15) is 0 Å². The monoisotopic (exact) mass is 338 g/mol. The van der Waals surface area contributed by atoms with Crippen molar-refractivity contribution in [2.75, 3.05) is 6.61 Å². The second kappa shape index (κ2) is 6.31. The molecule has 2 unspecified atom stereocenters. The Balaban J connectivity index is 2.43. The lowest BCUT2D eigenvalue weighted by Crippen LogP contribution is -2.51. The summed E-state index contributed by atoms with van der Waals surface area (Å²) in [5, 5.41) is 0.195. The minimum Gasteiger partial charge on any atom is -0.407 e. The average Bonchev–Trinajstić information content (AvgIpc) is 2.36. The first-order valence-corrected chi connectivity index (χ1v) is 11.5. The molecule has 0 N–H and O–H groups in total. The van der Waals surface area contributed by atoms with E-state index in [2.05, 4.69) is 71.6 Å². The molecule has 1 aromatic carbocycles. The molecule has 0 aromatic heterocycles. The van der Waals surface area contributed by atoms with E-state index < -0.39 is 8.32 Å². The first-order valence-electron chi connectivity index (χ1n) is 8.17. The molecule has 4 heteroatoms. The van der Waals surface area contributed by atoms with Gasteiger partial charge in [0.15, 0.2) is 8.32 Å². The van der Waals surface area contributed by atoms with E-state index in [1.165, 1.54) is 5.56 Å². The van der Waals surface area contributed by atoms with Crippen LogP contribution in [0.4, 0.5) is 0 Å². The zero-order valence-corrected chi connectivity index (χ0v) is 16.7. The predicted octanol–water partition coefficient (Wildman–Crippen LogP) is 5.39. The van der Waals surface area contributed by atoms with Crippen molar-refractivity contribution in [1.29, 1.82) is 0 Å². The molecule has 2 nitrogen and oxygen atoms in total. The zero-order chi connectivity index (χ0) is 16.6. The molecule has 1 aliphatic rings. The number of rotatable bonds is 3. The fourth-order valence-corrected chi connectivity index (χ4v) is 4.71. The summed E-state index contributed by atoms with van der Waals surface area (Å²) < 4.78 is 12.8. The Morgan fingerprint density at radius 2 is 2.00 bits per heavy atom. The third-order valence-electron chi connectivity index (χ3n) is 5.15. The quantitative estimate of drug-likeness (QED) is 0.588. The molecular weight excluding hydrogens is 308 g/mol. The van der Waals surface area contributed by atoms with Crippen molar-refractivity contribution in [2.45, 2.75) is 75.3 Å². The summed E-state index contributed by atoms with van der Waals surface area (Å²) in [7, 11) is -1.87. The van der Waals surface area contributed by atoms with Gasteiger partial charge in [0.05, 0.1) is 11.7 Å². The number of benzene rings is 1. The summed E-state index contributed by atoms with van der Waals surface area (Å²) in [6, 6.07) is 8.45. The van der Waals surface area contributed by atoms with Gasteiger partial charge < -0.3 is 9.16 Å². The van der Waals surface area contributed by atoms with Gasteiger partial charge in [-0.1, -0.05) is 32.9 Å². The molecule has 0 amide bonds. The molecule has 0 saturated carbocycles. The zero-order valence-electron chi connectivity index (χ0n) is 14.8. The lowest BCUT2D eigenvalue weighted by atomic mass is 9.84. The lowest BCUT2D eigenvalue weighted by Gasteiger charge is -2.49. The maximum Gasteiger partial charge on any atom is 0.193 e. The summed E-state index contributed by atoms with van der Waals surface area (Å²) in [5.74, 6) is 0. The third-order valence-corrected chi connectivity index (χ3v) is 9.95. The van der Waals surface area contributed by atoms with Crippen LogP contribution >= 0.6 is 12.6 Å². The van der Waals surface area contributed by atoms with Crippen molar-refractivity contribution in [3.8, 4) is 0 Å². The second-order valence-corrected chi connectivity index (χ2v) is 13.3.